The molecule has 4 aromatic carbocycles. The monoisotopic (exact) mass is 664 g/mol. The number of anilines is 1. The van der Waals surface area contributed by atoms with Crippen LogP contribution in [0.2, 0.25) is 5.02 Å². The van der Waals surface area contributed by atoms with E-state index in [1.807, 2.05) is 97.1 Å². The lowest BCUT2D eigenvalue weighted by Gasteiger charge is -2.42. The van der Waals surface area contributed by atoms with E-state index in [-0.39, 0.29) is 30.4 Å². The molecule has 10 heteroatoms. The maximum Gasteiger partial charge on any atom is 0.275 e. The first-order chi connectivity index (χ1) is 23.3. The molecule has 9 nitrogen and oxygen atoms in total. The van der Waals surface area contributed by atoms with Gasteiger partial charge in [0.05, 0.1) is 41.6 Å². The number of amides is 1. The molecule has 0 spiro atoms. The molecule has 0 unspecified atom stereocenters. The Bertz CT molecular complexity index is 1860. The smallest absolute Gasteiger partial charge is 0.275 e. The molecule has 3 N–H and O–H groups in total. The fraction of sp³-hybridized carbons (Fsp3) is 0.289. The average Bonchev–Trinajstić information content (AvgIpc) is 3.13. The zero-order valence-corrected chi connectivity index (χ0v) is 27.1. The van der Waals surface area contributed by atoms with Crippen LogP contribution >= 0.6 is 11.6 Å². The number of benzene rings is 4. The second kappa shape index (κ2) is 14.1. The molecule has 1 aromatic heterocycles. The second-order valence-electron chi connectivity index (χ2n) is 12.5. The molecule has 2 fully saturated rings. The molecule has 3 heterocycles. The number of rotatable bonds is 8. The van der Waals surface area contributed by atoms with Crippen molar-refractivity contribution in [1.29, 1.82) is 0 Å². The number of nitrogens with zero attached hydrogens (tertiary/aromatic N) is 3. The summed E-state index contributed by atoms with van der Waals surface area (Å²) in [6, 6.07) is 30.2. The minimum absolute atomic E-state index is 0.0200. The van der Waals surface area contributed by atoms with E-state index in [0.717, 1.165) is 40.9 Å². The number of carbonyl (C=O) groups excluding carboxylic acids is 1. The highest BCUT2D eigenvalue weighted by Gasteiger charge is 2.37. The van der Waals surface area contributed by atoms with Gasteiger partial charge in [0.25, 0.3) is 5.91 Å². The van der Waals surface area contributed by atoms with Crippen molar-refractivity contribution in [2.45, 2.75) is 50.0 Å². The SMILES string of the molecule is O=C(Nc1ccc([C@@H]2O[C@H](CN3CCC(O)(c4ccc(Cl)cc4)CC3)C[C@H](c3ccc(CO)cc3)O2)cc1)c1cnc2ccccc2n1. The van der Waals surface area contributed by atoms with Gasteiger partial charge in [0.1, 0.15) is 5.69 Å². The molecule has 2 saturated heterocycles. The number of hydrogen-bond donors (Lipinski definition) is 3. The molecule has 3 atom stereocenters. The van der Waals surface area contributed by atoms with Gasteiger partial charge in [-0.25, -0.2) is 4.98 Å². The zero-order chi connectivity index (χ0) is 33.1. The summed E-state index contributed by atoms with van der Waals surface area (Å²) >= 11 is 6.08. The van der Waals surface area contributed by atoms with Gasteiger partial charge in [-0.1, -0.05) is 72.3 Å². The predicted molar refractivity (Wildman–Crippen MR) is 183 cm³/mol. The van der Waals surface area contributed by atoms with E-state index in [9.17, 15) is 15.0 Å². The van der Waals surface area contributed by atoms with Crippen molar-refractivity contribution in [2.24, 2.45) is 0 Å². The van der Waals surface area contributed by atoms with Crippen molar-refractivity contribution in [3.8, 4) is 0 Å². The molecule has 0 radical (unpaired) electrons. The Balaban J connectivity index is 1.04. The minimum Gasteiger partial charge on any atom is -0.392 e. The van der Waals surface area contributed by atoms with Gasteiger partial charge in [-0.2, -0.15) is 0 Å². The Morgan fingerprint density at radius 1 is 0.896 bits per heavy atom. The third-order valence-corrected chi connectivity index (χ3v) is 9.52. The molecular weight excluding hydrogens is 628 g/mol. The molecule has 5 aromatic rings. The lowest BCUT2D eigenvalue weighted by Crippen LogP contribution is -2.46. The number of ether oxygens (including phenoxy) is 2. The number of carbonyl (C=O) groups is 1. The third-order valence-electron chi connectivity index (χ3n) is 9.26. The first kappa shape index (κ1) is 32.3. The largest absolute Gasteiger partial charge is 0.392 e. The maximum atomic E-state index is 13.0. The van der Waals surface area contributed by atoms with Crippen LogP contribution in [0.15, 0.2) is 103 Å². The van der Waals surface area contributed by atoms with Crippen molar-refractivity contribution in [3.05, 3.63) is 136 Å². The van der Waals surface area contributed by atoms with E-state index in [1.54, 1.807) is 0 Å². The zero-order valence-electron chi connectivity index (χ0n) is 26.3. The highest BCUT2D eigenvalue weighted by Crippen LogP contribution is 2.39. The summed E-state index contributed by atoms with van der Waals surface area (Å²) < 4.78 is 13.1. The number of para-hydroxylation sites is 2. The lowest BCUT2D eigenvalue weighted by molar-refractivity contribution is -0.253. The van der Waals surface area contributed by atoms with Gasteiger partial charge in [0.2, 0.25) is 0 Å². The van der Waals surface area contributed by atoms with Crippen LogP contribution in [-0.2, 0) is 21.7 Å². The molecule has 7 rings (SSSR count). The molecule has 48 heavy (non-hydrogen) atoms. The van der Waals surface area contributed by atoms with Crippen LogP contribution < -0.4 is 5.32 Å². The van der Waals surface area contributed by atoms with Crippen LogP contribution in [0.3, 0.4) is 0 Å². The Labute approximate surface area is 284 Å². The normalized spacial score (nSPS) is 21.2. The number of nitrogens with one attached hydrogen (secondary N) is 1. The van der Waals surface area contributed by atoms with Crippen molar-refractivity contribution >= 4 is 34.2 Å². The number of halogens is 1. The van der Waals surface area contributed by atoms with Crippen molar-refractivity contribution in [2.75, 3.05) is 25.0 Å². The van der Waals surface area contributed by atoms with Crippen LogP contribution in [0.5, 0.6) is 0 Å². The molecule has 246 valence electrons. The fourth-order valence-electron chi connectivity index (χ4n) is 6.46. The summed E-state index contributed by atoms with van der Waals surface area (Å²) in [4.78, 5) is 24.1. The van der Waals surface area contributed by atoms with Crippen molar-refractivity contribution < 1.29 is 24.5 Å². The van der Waals surface area contributed by atoms with Crippen LogP contribution in [-0.4, -0.2) is 56.7 Å². The van der Waals surface area contributed by atoms with Crippen molar-refractivity contribution in [3.63, 3.8) is 0 Å². The number of aliphatic hydroxyl groups is 2. The van der Waals surface area contributed by atoms with Crippen LogP contribution in [0, 0.1) is 0 Å². The Morgan fingerprint density at radius 3 is 2.29 bits per heavy atom. The summed E-state index contributed by atoms with van der Waals surface area (Å²) in [5.74, 6) is -0.345. The summed E-state index contributed by atoms with van der Waals surface area (Å²) in [5.41, 5.74) is 4.93. The first-order valence-corrected chi connectivity index (χ1v) is 16.6. The van der Waals surface area contributed by atoms with Gasteiger partial charge < -0.3 is 29.9 Å². The highest BCUT2D eigenvalue weighted by molar-refractivity contribution is 6.30. The van der Waals surface area contributed by atoms with Crippen LogP contribution in [0.4, 0.5) is 5.69 Å². The molecule has 0 aliphatic carbocycles. The first-order valence-electron chi connectivity index (χ1n) is 16.2. The van der Waals surface area contributed by atoms with E-state index in [0.29, 0.717) is 42.0 Å². The number of fused-ring (bicyclic) bond motifs is 1. The minimum atomic E-state index is -0.880. The van der Waals surface area contributed by atoms with Gasteiger partial charge in [0, 0.05) is 42.3 Å². The van der Waals surface area contributed by atoms with E-state index < -0.39 is 11.9 Å². The van der Waals surface area contributed by atoms with E-state index >= 15 is 0 Å². The molecular formula is C38H37ClN4O5. The van der Waals surface area contributed by atoms with Gasteiger partial charge in [-0.3, -0.25) is 9.78 Å². The summed E-state index contributed by atoms with van der Waals surface area (Å²) in [6.07, 6.45) is 2.40. The molecule has 1 amide bonds. The standard InChI is InChI=1S/C38H37ClN4O5/c39-29-13-11-28(12-14-29)38(46)17-19-43(20-18-38)23-31-21-35(26-7-5-25(24-44)6-8-26)48-37(47-31)27-9-15-30(16-10-27)41-36(45)34-22-40-32-3-1-2-4-33(32)42-34/h1-16,22,31,35,37,44,46H,17-21,23-24H2,(H,41,45)/t31-,35+,37+/m0/s1. The van der Waals surface area contributed by atoms with E-state index in [2.05, 4.69) is 20.2 Å². The van der Waals surface area contributed by atoms with Crippen LogP contribution in [0.25, 0.3) is 11.0 Å². The number of piperidine rings is 1. The number of likely N-dealkylation sites (tertiary alicyclic amines) is 1. The Morgan fingerprint density at radius 2 is 1.58 bits per heavy atom. The van der Waals surface area contributed by atoms with E-state index in [4.69, 9.17) is 21.1 Å². The maximum absolute atomic E-state index is 13.0. The quantitative estimate of drug-likeness (QED) is 0.171. The topological polar surface area (TPSA) is 117 Å². The molecule has 0 bridgehead atoms. The highest BCUT2D eigenvalue weighted by atomic mass is 35.5. The van der Waals surface area contributed by atoms with Gasteiger partial charge >= 0.3 is 0 Å². The molecule has 2 aliphatic rings. The number of aromatic nitrogens is 2. The average molecular weight is 665 g/mol. The number of hydrogen-bond acceptors (Lipinski definition) is 8. The summed E-state index contributed by atoms with van der Waals surface area (Å²) in [7, 11) is 0. The summed E-state index contributed by atoms with van der Waals surface area (Å²) in [6.45, 7) is 2.14. The van der Waals surface area contributed by atoms with E-state index in [1.165, 1.54) is 6.20 Å². The van der Waals surface area contributed by atoms with Crippen molar-refractivity contribution in [1.82, 2.24) is 14.9 Å². The predicted octanol–water partition coefficient (Wildman–Crippen LogP) is 6.56. The Hall–Kier alpha value is -4.22. The second-order valence-corrected chi connectivity index (χ2v) is 12.9. The third kappa shape index (κ3) is 7.27. The summed E-state index contributed by atoms with van der Waals surface area (Å²) in [5, 5.41) is 24.5. The lowest BCUT2D eigenvalue weighted by atomic mass is 9.84. The number of aliphatic hydroxyl groups excluding tert-OH is 1. The van der Waals surface area contributed by atoms with Gasteiger partial charge in [0.15, 0.2) is 6.29 Å². The fourth-order valence-corrected chi connectivity index (χ4v) is 6.59. The van der Waals surface area contributed by atoms with Crippen LogP contribution in [0.1, 0.15) is 64.4 Å². The van der Waals surface area contributed by atoms with Gasteiger partial charge in [-0.15, -0.1) is 0 Å². The molecule has 0 saturated carbocycles. The molecule has 2 aliphatic heterocycles. The Kier molecular flexibility index (Phi) is 9.50. The van der Waals surface area contributed by atoms with Gasteiger partial charge in [-0.05, 0) is 65.9 Å².